The van der Waals surface area contributed by atoms with Gasteiger partial charge in [-0.3, -0.25) is 0 Å². The first-order valence-corrected chi connectivity index (χ1v) is 11.5. The summed E-state index contributed by atoms with van der Waals surface area (Å²) in [6.07, 6.45) is -1.99. The molecule has 1 fully saturated rings. The molecule has 0 radical (unpaired) electrons. The first-order chi connectivity index (χ1) is 16.3. The Morgan fingerprint density at radius 3 is 2.00 bits per heavy atom. The molecule has 0 bridgehead atoms. The van der Waals surface area contributed by atoms with Crippen molar-refractivity contribution < 1.29 is 38.4 Å². The number of ether oxygens (including phenoxy) is 4. The number of carbonyl (C=O) groups is 3. The lowest BCUT2D eigenvalue weighted by Gasteiger charge is -2.24. The van der Waals surface area contributed by atoms with E-state index < -0.39 is 41.0 Å². The monoisotopic (exact) mass is 486 g/mol. The average molecular weight is 487 g/mol. The van der Waals surface area contributed by atoms with E-state index in [-0.39, 0.29) is 13.2 Å². The maximum Gasteiger partial charge on any atom is 0.509 e. The van der Waals surface area contributed by atoms with E-state index >= 15 is 0 Å². The average Bonchev–Trinajstić information content (AvgIpc) is 3.10. The summed E-state index contributed by atoms with van der Waals surface area (Å²) in [4.78, 5) is 37.2. The number of thioether (sulfide) groups is 1. The highest BCUT2D eigenvalue weighted by atomic mass is 32.2. The van der Waals surface area contributed by atoms with E-state index in [0.29, 0.717) is 11.1 Å². The number of rotatable bonds is 8. The van der Waals surface area contributed by atoms with Crippen molar-refractivity contribution in [3.8, 4) is 0 Å². The van der Waals surface area contributed by atoms with Crippen molar-refractivity contribution in [2.75, 3.05) is 13.2 Å². The zero-order chi connectivity index (χ0) is 24.7. The number of esters is 2. The maximum atomic E-state index is 12.8. The summed E-state index contributed by atoms with van der Waals surface area (Å²) in [6.45, 7) is 6.98. The Balaban J connectivity index is 1.73. The van der Waals surface area contributed by atoms with E-state index in [9.17, 15) is 19.5 Å². The van der Waals surface area contributed by atoms with Crippen LogP contribution in [0, 0.1) is 13.8 Å². The summed E-state index contributed by atoms with van der Waals surface area (Å²) in [7, 11) is 0. The van der Waals surface area contributed by atoms with Gasteiger partial charge in [0.1, 0.15) is 18.6 Å². The van der Waals surface area contributed by atoms with Crippen LogP contribution in [0.1, 0.15) is 31.8 Å². The van der Waals surface area contributed by atoms with Crippen LogP contribution in [0.2, 0.25) is 0 Å². The number of aliphatic hydroxyl groups is 1. The molecule has 1 N–H and O–H groups in total. The van der Waals surface area contributed by atoms with Crippen LogP contribution in [0.4, 0.5) is 4.79 Å². The molecule has 1 saturated heterocycles. The number of carbonyl (C=O) groups excluding carboxylic acids is 3. The van der Waals surface area contributed by atoms with E-state index in [1.54, 1.807) is 48.5 Å². The number of benzene rings is 2. The minimum atomic E-state index is -1.23. The van der Waals surface area contributed by atoms with Gasteiger partial charge in [0.15, 0.2) is 12.2 Å². The van der Waals surface area contributed by atoms with Crippen molar-refractivity contribution in [2.24, 2.45) is 0 Å². The molecule has 3 rings (SSSR count). The molecule has 0 aromatic heterocycles. The molecule has 1 unspecified atom stereocenters. The fourth-order valence-electron chi connectivity index (χ4n) is 3.19. The summed E-state index contributed by atoms with van der Waals surface area (Å²) >= 11 is 0.975. The smallest absolute Gasteiger partial charge is 0.461 e. The van der Waals surface area contributed by atoms with Crippen LogP contribution in [-0.2, 0) is 18.9 Å². The first-order valence-electron chi connectivity index (χ1n) is 10.6. The number of aryl methyl sites for hydroxylation is 2. The molecule has 0 saturated carbocycles. The highest BCUT2D eigenvalue weighted by Crippen LogP contribution is 2.37. The maximum absolute atomic E-state index is 12.8. The van der Waals surface area contributed by atoms with E-state index in [2.05, 4.69) is 6.58 Å². The van der Waals surface area contributed by atoms with Crippen LogP contribution < -0.4 is 0 Å². The van der Waals surface area contributed by atoms with Gasteiger partial charge >= 0.3 is 18.1 Å². The Kier molecular flexibility index (Phi) is 8.72. The third-order valence-electron chi connectivity index (χ3n) is 5.03. The molecule has 0 spiro atoms. The van der Waals surface area contributed by atoms with Gasteiger partial charge in [-0.25, -0.2) is 14.4 Å². The first kappa shape index (κ1) is 25.3. The summed E-state index contributed by atoms with van der Waals surface area (Å²) in [5, 5.41) is 9.83. The fourth-order valence-corrected chi connectivity index (χ4v) is 4.43. The molecule has 34 heavy (non-hydrogen) atoms. The Morgan fingerprint density at radius 1 is 0.882 bits per heavy atom. The van der Waals surface area contributed by atoms with Crippen LogP contribution in [0.3, 0.4) is 0 Å². The standard InChI is InChI=1S/C25H26O8S/c1-4-13-30-25(29)33-21-20(32-23(27)18-11-7-16(3)8-12-18)19(34-24(21)28)14-31-22(26)17-9-5-15(2)6-10-17/h4-12,19-21,24,28H,1,13-14H2,2-3H3/t19-,20+,21+,24?/m1/s1. The van der Waals surface area contributed by atoms with Gasteiger partial charge in [-0.05, 0) is 38.1 Å². The number of aliphatic hydroxyl groups excluding tert-OH is 1. The SMILES string of the molecule is C=CCOC(=O)O[C@@H]1C(O)S[C@H](COC(=O)c2ccc(C)cc2)[C@@H]1OC(=O)c1ccc(C)cc1. The number of hydrogen-bond acceptors (Lipinski definition) is 9. The molecule has 180 valence electrons. The quantitative estimate of drug-likeness (QED) is 0.338. The lowest BCUT2D eigenvalue weighted by atomic mass is 10.1. The Bertz CT molecular complexity index is 1020. The Labute approximate surface area is 201 Å². The highest BCUT2D eigenvalue weighted by molar-refractivity contribution is 8.00. The van der Waals surface area contributed by atoms with Crippen LogP contribution in [0.25, 0.3) is 0 Å². The van der Waals surface area contributed by atoms with Crippen LogP contribution in [0.5, 0.6) is 0 Å². The minimum Gasteiger partial charge on any atom is -0.461 e. The summed E-state index contributed by atoms with van der Waals surface area (Å²) in [5.74, 6) is -1.23. The molecule has 2 aromatic rings. The van der Waals surface area contributed by atoms with Crippen molar-refractivity contribution in [3.63, 3.8) is 0 Å². The van der Waals surface area contributed by atoms with Crippen molar-refractivity contribution >= 4 is 29.9 Å². The van der Waals surface area contributed by atoms with Crippen LogP contribution in [0.15, 0.2) is 61.2 Å². The molecule has 0 amide bonds. The molecule has 1 aliphatic heterocycles. The highest BCUT2D eigenvalue weighted by Gasteiger charge is 2.49. The van der Waals surface area contributed by atoms with Gasteiger partial charge < -0.3 is 24.1 Å². The van der Waals surface area contributed by atoms with Crippen molar-refractivity contribution in [1.29, 1.82) is 0 Å². The molecule has 1 aliphatic rings. The van der Waals surface area contributed by atoms with Gasteiger partial charge in [-0.15, -0.1) is 11.8 Å². The van der Waals surface area contributed by atoms with E-state index in [4.69, 9.17) is 18.9 Å². The topological polar surface area (TPSA) is 108 Å². The summed E-state index contributed by atoms with van der Waals surface area (Å²) < 4.78 is 21.1. The van der Waals surface area contributed by atoms with Gasteiger partial charge in [0.25, 0.3) is 0 Å². The van der Waals surface area contributed by atoms with Gasteiger partial charge in [0, 0.05) is 0 Å². The lowest BCUT2D eigenvalue weighted by Crippen LogP contribution is -2.42. The van der Waals surface area contributed by atoms with E-state index in [1.807, 2.05) is 13.8 Å². The van der Waals surface area contributed by atoms with Gasteiger partial charge in [-0.2, -0.15) is 0 Å². The van der Waals surface area contributed by atoms with Gasteiger partial charge in [-0.1, -0.05) is 48.0 Å². The van der Waals surface area contributed by atoms with Crippen molar-refractivity contribution in [1.82, 2.24) is 0 Å². The van der Waals surface area contributed by atoms with E-state index in [1.165, 1.54) is 6.08 Å². The molecule has 8 nitrogen and oxygen atoms in total. The lowest BCUT2D eigenvalue weighted by molar-refractivity contribution is -0.0645. The third-order valence-corrected chi connectivity index (χ3v) is 6.33. The van der Waals surface area contributed by atoms with Crippen molar-refractivity contribution in [3.05, 3.63) is 83.4 Å². The second kappa shape index (κ2) is 11.7. The number of hydrogen-bond donors (Lipinski definition) is 1. The summed E-state index contributed by atoms with van der Waals surface area (Å²) in [6, 6.07) is 13.6. The molecular formula is C25H26O8S. The van der Waals surface area contributed by atoms with Crippen LogP contribution in [-0.4, -0.2) is 59.3 Å². The molecular weight excluding hydrogens is 460 g/mol. The van der Waals surface area contributed by atoms with Gasteiger partial charge in [0.05, 0.1) is 16.4 Å². The van der Waals surface area contributed by atoms with Gasteiger partial charge in [0.2, 0.25) is 0 Å². The summed E-state index contributed by atoms with van der Waals surface area (Å²) in [5.41, 5.74) is 1.39. The Morgan fingerprint density at radius 2 is 1.44 bits per heavy atom. The predicted molar refractivity (Wildman–Crippen MR) is 126 cm³/mol. The molecule has 0 aliphatic carbocycles. The minimum absolute atomic E-state index is 0.0831. The predicted octanol–water partition coefficient (Wildman–Crippen LogP) is 3.83. The second-order valence-corrected chi connectivity index (χ2v) is 9.06. The third kappa shape index (κ3) is 6.61. The normalized spacial score (nSPS) is 21.4. The largest absolute Gasteiger partial charge is 0.509 e. The van der Waals surface area contributed by atoms with E-state index in [0.717, 1.165) is 22.9 Å². The zero-order valence-electron chi connectivity index (χ0n) is 18.8. The fraction of sp³-hybridized carbons (Fsp3) is 0.320. The van der Waals surface area contributed by atoms with Crippen molar-refractivity contribution in [2.45, 2.75) is 36.7 Å². The Hall–Kier alpha value is -3.30. The molecule has 2 aromatic carbocycles. The second-order valence-electron chi connectivity index (χ2n) is 7.70. The van der Waals surface area contributed by atoms with Crippen LogP contribution >= 0.6 is 11.8 Å². The molecule has 1 heterocycles. The molecule has 9 heteroatoms. The molecule has 4 atom stereocenters. The zero-order valence-corrected chi connectivity index (χ0v) is 19.7.